The second kappa shape index (κ2) is 8.52. The Hall–Kier alpha value is -2.41. The number of hydrogen-bond donors (Lipinski definition) is 1. The fourth-order valence-corrected chi connectivity index (χ4v) is 2.82. The molecule has 0 saturated carbocycles. The van der Waals surface area contributed by atoms with Crippen LogP contribution in [0, 0.1) is 6.92 Å². The number of hydrogen-bond acceptors (Lipinski definition) is 5. The van der Waals surface area contributed by atoms with Gasteiger partial charge in [0.2, 0.25) is 17.7 Å². The first-order valence-electron chi connectivity index (χ1n) is 8.23. The van der Waals surface area contributed by atoms with Gasteiger partial charge in [0.15, 0.2) is 0 Å². The van der Waals surface area contributed by atoms with Gasteiger partial charge in [-0.25, -0.2) is 0 Å². The zero-order valence-corrected chi connectivity index (χ0v) is 16.4. The normalized spacial score (nSPS) is 11.0. The number of carbonyl (C=O) groups excluding carboxylic acids is 1. The predicted octanol–water partition coefficient (Wildman–Crippen LogP) is 4.42. The molecule has 0 aliphatic carbocycles. The van der Waals surface area contributed by atoms with Crippen LogP contribution in [0.25, 0.3) is 11.5 Å². The number of carbonyl (C=O) groups is 1. The molecular formula is C19H18Cl2N4O2. The number of rotatable bonds is 6. The van der Waals surface area contributed by atoms with Crippen molar-refractivity contribution in [2.75, 3.05) is 18.9 Å². The number of aromatic nitrogens is 2. The maximum atomic E-state index is 12.2. The molecule has 8 heteroatoms. The third-order valence-corrected chi connectivity index (χ3v) is 4.49. The second-order valence-corrected chi connectivity index (χ2v) is 7.03. The summed E-state index contributed by atoms with van der Waals surface area (Å²) in [4.78, 5) is 14.0. The van der Waals surface area contributed by atoms with Crippen LogP contribution in [0.15, 0.2) is 46.9 Å². The minimum atomic E-state index is -0.186. The van der Waals surface area contributed by atoms with E-state index in [4.69, 9.17) is 27.6 Å². The van der Waals surface area contributed by atoms with Gasteiger partial charge >= 0.3 is 0 Å². The summed E-state index contributed by atoms with van der Waals surface area (Å²) < 4.78 is 5.70. The highest BCUT2D eigenvalue weighted by atomic mass is 35.5. The van der Waals surface area contributed by atoms with Crippen LogP contribution in [-0.2, 0) is 11.3 Å². The van der Waals surface area contributed by atoms with Gasteiger partial charge in [-0.1, -0.05) is 40.9 Å². The van der Waals surface area contributed by atoms with Crippen molar-refractivity contribution in [2.24, 2.45) is 0 Å². The third-order valence-electron chi connectivity index (χ3n) is 3.75. The van der Waals surface area contributed by atoms with Gasteiger partial charge in [0, 0.05) is 11.3 Å². The number of nitrogens with one attached hydrogen (secondary N) is 1. The minimum absolute atomic E-state index is 0.155. The maximum Gasteiger partial charge on any atom is 0.247 e. The van der Waals surface area contributed by atoms with Gasteiger partial charge in [0.1, 0.15) is 0 Å². The molecule has 0 aliphatic heterocycles. The van der Waals surface area contributed by atoms with Crippen LogP contribution in [0.4, 0.5) is 5.69 Å². The standard InChI is InChI=1S/C19H18Cl2N4O2/c1-12-4-3-5-13(8-12)19-24-23-18(27-19)11-25(2)10-17(26)22-14-6-7-15(20)16(21)9-14/h3-9H,10-11H2,1-2H3,(H,22,26). The lowest BCUT2D eigenvalue weighted by molar-refractivity contribution is -0.117. The predicted molar refractivity (Wildman–Crippen MR) is 106 cm³/mol. The number of anilines is 1. The SMILES string of the molecule is Cc1cccc(-c2nnc(CN(C)CC(=O)Nc3ccc(Cl)c(Cl)c3)o2)c1. The first-order valence-corrected chi connectivity index (χ1v) is 8.99. The van der Waals surface area contributed by atoms with E-state index in [-0.39, 0.29) is 12.5 Å². The van der Waals surface area contributed by atoms with Gasteiger partial charge < -0.3 is 9.73 Å². The molecule has 3 aromatic rings. The summed E-state index contributed by atoms with van der Waals surface area (Å²) in [6, 6.07) is 12.8. The highest BCUT2D eigenvalue weighted by Gasteiger charge is 2.13. The minimum Gasteiger partial charge on any atom is -0.419 e. The third kappa shape index (κ3) is 5.29. The van der Waals surface area contributed by atoms with Crippen LogP contribution in [0.2, 0.25) is 10.0 Å². The Morgan fingerprint density at radius 2 is 1.96 bits per heavy atom. The van der Waals surface area contributed by atoms with Crippen LogP contribution < -0.4 is 5.32 Å². The summed E-state index contributed by atoms with van der Waals surface area (Å²) >= 11 is 11.8. The van der Waals surface area contributed by atoms with E-state index in [1.54, 1.807) is 30.1 Å². The number of likely N-dealkylation sites (N-methyl/N-ethyl adjacent to an activating group) is 1. The van der Waals surface area contributed by atoms with Crippen LogP contribution in [0.3, 0.4) is 0 Å². The fourth-order valence-electron chi connectivity index (χ4n) is 2.52. The smallest absolute Gasteiger partial charge is 0.247 e. The van der Waals surface area contributed by atoms with E-state index in [2.05, 4.69) is 15.5 Å². The Labute approximate surface area is 167 Å². The number of nitrogens with zero attached hydrogens (tertiary/aromatic N) is 3. The molecule has 0 fully saturated rings. The Kier molecular flexibility index (Phi) is 6.11. The van der Waals surface area contributed by atoms with E-state index < -0.39 is 0 Å². The van der Waals surface area contributed by atoms with E-state index in [0.717, 1.165) is 11.1 Å². The highest BCUT2D eigenvalue weighted by Crippen LogP contribution is 2.25. The van der Waals surface area contributed by atoms with E-state index in [1.807, 2.05) is 31.2 Å². The van der Waals surface area contributed by atoms with Crippen molar-refractivity contribution in [3.05, 3.63) is 64.0 Å². The van der Waals surface area contributed by atoms with Gasteiger partial charge in [-0.3, -0.25) is 9.69 Å². The molecule has 0 spiro atoms. The van der Waals surface area contributed by atoms with E-state index in [0.29, 0.717) is 34.1 Å². The Bertz CT molecular complexity index is 958. The number of benzene rings is 2. The monoisotopic (exact) mass is 404 g/mol. The molecule has 27 heavy (non-hydrogen) atoms. The van der Waals surface area contributed by atoms with Crippen LogP contribution in [0.1, 0.15) is 11.5 Å². The van der Waals surface area contributed by atoms with E-state index in [1.165, 1.54) is 0 Å². The lowest BCUT2D eigenvalue weighted by Crippen LogP contribution is -2.29. The first kappa shape index (κ1) is 19.4. The molecule has 0 atom stereocenters. The van der Waals surface area contributed by atoms with Crippen molar-refractivity contribution in [3.8, 4) is 11.5 Å². The molecule has 6 nitrogen and oxygen atoms in total. The van der Waals surface area contributed by atoms with Crippen molar-refractivity contribution >= 4 is 34.8 Å². The molecule has 1 heterocycles. The fraction of sp³-hybridized carbons (Fsp3) is 0.211. The van der Waals surface area contributed by atoms with Crippen molar-refractivity contribution in [1.82, 2.24) is 15.1 Å². The molecule has 1 N–H and O–H groups in total. The number of halogens is 2. The molecule has 0 saturated heterocycles. The molecule has 140 valence electrons. The molecule has 0 bridgehead atoms. The van der Waals surface area contributed by atoms with Gasteiger partial charge in [0.25, 0.3) is 0 Å². The summed E-state index contributed by atoms with van der Waals surface area (Å²) in [5, 5.41) is 11.7. The molecule has 1 amide bonds. The molecular weight excluding hydrogens is 387 g/mol. The molecule has 0 unspecified atom stereocenters. The number of amides is 1. The van der Waals surface area contributed by atoms with Crippen LogP contribution in [-0.4, -0.2) is 34.6 Å². The van der Waals surface area contributed by atoms with Crippen molar-refractivity contribution in [3.63, 3.8) is 0 Å². The van der Waals surface area contributed by atoms with Gasteiger partial charge in [-0.2, -0.15) is 0 Å². The summed E-state index contributed by atoms with van der Waals surface area (Å²) in [6.45, 7) is 2.51. The summed E-state index contributed by atoms with van der Waals surface area (Å²) in [5.74, 6) is 0.716. The van der Waals surface area contributed by atoms with Crippen molar-refractivity contribution in [1.29, 1.82) is 0 Å². The van der Waals surface area contributed by atoms with Crippen molar-refractivity contribution in [2.45, 2.75) is 13.5 Å². The topological polar surface area (TPSA) is 71.3 Å². The largest absolute Gasteiger partial charge is 0.419 e. The zero-order chi connectivity index (χ0) is 19.4. The maximum absolute atomic E-state index is 12.2. The van der Waals surface area contributed by atoms with Gasteiger partial charge in [-0.05, 0) is 44.3 Å². The average Bonchev–Trinajstić information content (AvgIpc) is 3.06. The molecule has 0 aliphatic rings. The lowest BCUT2D eigenvalue weighted by atomic mass is 10.1. The second-order valence-electron chi connectivity index (χ2n) is 6.22. The van der Waals surface area contributed by atoms with Gasteiger partial charge in [0.05, 0.1) is 23.1 Å². The lowest BCUT2D eigenvalue weighted by Gasteiger charge is -2.14. The summed E-state index contributed by atoms with van der Waals surface area (Å²) in [6.07, 6.45) is 0. The molecule has 2 aromatic carbocycles. The first-order chi connectivity index (χ1) is 12.9. The number of aryl methyl sites for hydroxylation is 1. The Morgan fingerprint density at radius 3 is 2.70 bits per heavy atom. The summed E-state index contributed by atoms with van der Waals surface area (Å²) in [5.41, 5.74) is 2.57. The van der Waals surface area contributed by atoms with E-state index in [9.17, 15) is 4.79 Å². The molecule has 0 radical (unpaired) electrons. The Morgan fingerprint density at radius 1 is 1.15 bits per heavy atom. The van der Waals surface area contributed by atoms with Crippen molar-refractivity contribution < 1.29 is 9.21 Å². The Balaban J connectivity index is 1.56. The quantitative estimate of drug-likeness (QED) is 0.657. The summed E-state index contributed by atoms with van der Waals surface area (Å²) in [7, 11) is 1.80. The van der Waals surface area contributed by atoms with E-state index >= 15 is 0 Å². The van der Waals surface area contributed by atoms with Crippen LogP contribution >= 0.6 is 23.2 Å². The highest BCUT2D eigenvalue weighted by molar-refractivity contribution is 6.42. The van der Waals surface area contributed by atoms with Crippen LogP contribution in [0.5, 0.6) is 0 Å². The molecule has 1 aromatic heterocycles. The average molecular weight is 405 g/mol. The zero-order valence-electron chi connectivity index (χ0n) is 14.9. The molecule has 3 rings (SSSR count). The van der Waals surface area contributed by atoms with Gasteiger partial charge in [-0.15, -0.1) is 10.2 Å².